The molecular formula is C15H11ClN2S. The molecule has 0 aliphatic carbocycles. The van der Waals surface area contributed by atoms with Crippen LogP contribution in [0.4, 0.5) is 0 Å². The van der Waals surface area contributed by atoms with Gasteiger partial charge in [-0.25, -0.2) is 0 Å². The molecule has 0 radical (unpaired) electrons. The van der Waals surface area contributed by atoms with Crippen molar-refractivity contribution in [1.82, 2.24) is 9.97 Å². The number of rotatable bonds is 2. The summed E-state index contributed by atoms with van der Waals surface area (Å²) in [6.07, 6.45) is 0. The molecule has 0 unspecified atom stereocenters. The molecule has 0 aliphatic rings. The maximum Gasteiger partial charge on any atom is 0.175 e. The van der Waals surface area contributed by atoms with Crippen LogP contribution >= 0.6 is 23.8 Å². The van der Waals surface area contributed by atoms with Gasteiger partial charge < -0.3 is 9.97 Å². The van der Waals surface area contributed by atoms with E-state index in [1.165, 1.54) is 0 Å². The molecule has 19 heavy (non-hydrogen) atoms. The maximum atomic E-state index is 6.05. The molecule has 1 heterocycles. The highest BCUT2D eigenvalue weighted by Crippen LogP contribution is 2.30. The van der Waals surface area contributed by atoms with Crippen LogP contribution in [0.5, 0.6) is 0 Å². The molecule has 1 aromatic heterocycles. The lowest BCUT2D eigenvalue weighted by molar-refractivity contribution is 1.27. The molecule has 3 aromatic rings. The van der Waals surface area contributed by atoms with Gasteiger partial charge in [0.05, 0.1) is 11.4 Å². The number of hydrogen-bond acceptors (Lipinski definition) is 1. The number of H-pyrrole nitrogens is 2. The van der Waals surface area contributed by atoms with Crippen molar-refractivity contribution in [3.63, 3.8) is 0 Å². The van der Waals surface area contributed by atoms with Gasteiger partial charge >= 0.3 is 0 Å². The summed E-state index contributed by atoms with van der Waals surface area (Å²) in [6.45, 7) is 0. The Hall–Kier alpha value is -1.84. The van der Waals surface area contributed by atoms with Crippen molar-refractivity contribution in [3.8, 4) is 22.5 Å². The Morgan fingerprint density at radius 1 is 0.789 bits per heavy atom. The van der Waals surface area contributed by atoms with Gasteiger partial charge in [-0.2, -0.15) is 0 Å². The molecule has 0 fully saturated rings. The average Bonchev–Trinajstić information content (AvgIpc) is 2.82. The lowest BCUT2D eigenvalue weighted by Crippen LogP contribution is -1.83. The first kappa shape index (κ1) is 12.2. The van der Waals surface area contributed by atoms with Gasteiger partial charge in [0.2, 0.25) is 0 Å². The predicted octanol–water partition coefficient (Wildman–Crippen LogP) is 5.06. The third-order valence-electron chi connectivity index (χ3n) is 2.90. The van der Waals surface area contributed by atoms with E-state index in [0.29, 0.717) is 9.79 Å². The minimum absolute atomic E-state index is 0.605. The molecule has 0 spiro atoms. The van der Waals surface area contributed by atoms with E-state index in [2.05, 4.69) is 9.97 Å². The summed E-state index contributed by atoms with van der Waals surface area (Å²) in [5.41, 5.74) is 4.04. The van der Waals surface area contributed by atoms with Crippen molar-refractivity contribution in [3.05, 3.63) is 64.4 Å². The zero-order chi connectivity index (χ0) is 13.2. The summed E-state index contributed by atoms with van der Waals surface area (Å²) < 4.78 is 0.605. The van der Waals surface area contributed by atoms with Crippen LogP contribution in [-0.2, 0) is 0 Å². The van der Waals surface area contributed by atoms with E-state index >= 15 is 0 Å². The number of hydrogen-bond donors (Lipinski definition) is 2. The molecular weight excluding hydrogens is 276 g/mol. The number of aromatic nitrogens is 2. The zero-order valence-corrected chi connectivity index (χ0v) is 11.6. The van der Waals surface area contributed by atoms with Crippen LogP contribution in [0.1, 0.15) is 0 Å². The highest BCUT2D eigenvalue weighted by atomic mass is 35.5. The number of nitrogens with one attached hydrogen (secondary N) is 2. The Bertz CT molecular complexity index is 759. The van der Waals surface area contributed by atoms with Crippen molar-refractivity contribution in [2.45, 2.75) is 0 Å². The second-order valence-corrected chi connectivity index (χ2v) is 5.05. The van der Waals surface area contributed by atoms with Crippen molar-refractivity contribution in [2.24, 2.45) is 0 Å². The van der Waals surface area contributed by atoms with Crippen LogP contribution in [0.25, 0.3) is 22.5 Å². The summed E-state index contributed by atoms with van der Waals surface area (Å²) in [6, 6.07) is 17.8. The second-order valence-electron chi connectivity index (χ2n) is 4.21. The lowest BCUT2D eigenvalue weighted by Gasteiger charge is -2.04. The van der Waals surface area contributed by atoms with E-state index in [4.69, 9.17) is 23.8 Å². The first-order valence-electron chi connectivity index (χ1n) is 5.88. The van der Waals surface area contributed by atoms with E-state index in [-0.39, 0.29) is 0 Å². The first-order chi connectivity index (χ1) is 9.24. The predicted molar refractivity (Wildman–Crippen MR) is 81.9 cm³/mol. The SMILES string of the molecule is S=c1[nH]c(-c2ccccc2)c(-c2cccc(Cl)c2)[nH]1. The van der Waals surface area contributed by atoms with Crippen LogP contribution in [0.2, 0.25) is 5.02 Å². The smallest absolute Gasteiger partial charge is 0.175 e. The van der Waals surface area contributed by atoms with E-state index in [1.807, 2.05) is 54.6 Å². The van der Waals surface area contributed by atoms with Gasteiger partial charge in [-0.05, 0) is 24.4 Å². The van der Waals surface area contributed by atoms with Crippen molar-refractivity contribution >= 4 is 23.8 Å². The molecule has 3 rings (SSSR count). The van der Waals surface area contributed by atoms with Gasteiger partial charge in [-0.15, -0.1) is 0 Å². The van der Waals surface area contributed by atoms with Crippen LogP contribution < -0.4 is 0 Å². The summed E-state index contributed by atoms with van der Waals surface area (Å²) in [7, 11) is 0. The summed E-state index contributed by atoms with van der Waals surface area (Å²) in [5, 5.41) is 0.706. The quantitative estimate of drug-likeness (QED) is 0.634. The van der Waals surface area contributed by atoms with Gasteiger partial charge in [0, 0.05) is 16.1 Å². The molecule has 94 valence electrons. The fraction of sp³-hybridized carbons (Fsp3) is 0. The maximum absolute atomic E-state index is 6.05. The first-order valence-corrected chi connectivity index (χ1v) is 6.66. The summed E-state index contributed by atoms with van der Waals surface area (Å²) in [5.74, 6) is 0. The van der Waals surface area contributed by atoms with Crippen molar-refractivity contribution in [1.29, 1.82) is 0 Å². The van der Waals surface area contributed by atoms with Crippen LogP contribution in [0, 0.1) is 4.77 Å². The minimum atomic E-state index is 0.605. The zero-order valence-electron chi connectivity index (χ0n) is 9.98. The highest BCUT2D eigenvalue weighted by Gasteiger charge is 2.10. The molecule has 0 aliphatic heterocycles. The third-order valence-corrected chi connectivity index (χ3v) is 3.34. The Morgan fingerprint density at radius 3 is 2.11 bits per heavy atom. The molecule has 0 amide bonds. The number of benzene rings is 2. The van der Waals surface area contributed by atoms with Crippen LogP contribution in [0.15, 0.2) is 54.6 Å². The number of halogens is 1. The van der Waals surface area contributed by atoms with Gasteiger partial charge in [0.1, 0.15) is 0 Å². The third kappa shape index (κ3) is 2.48. The Morgan fingerprint density at radius 2 is 1.42 bits per heavy atom. The standard InChI is InChI=1S/C15H11ClN2S/c16-12-8-4-7-11(9-12)14-13(17-15(19)18-14)10-5-2-1-3-6-10/h1-9H,(H2,17,18,19). The van der Waals surface area contributed by atoms with Crippen molar-refractivity contribution < 1.29 is 0 Å². The molecule has 0 saturated carbocycles. The van der Waals surface area contributed by atoms with Gasteiger partial charge in [-0.3, -0.25) is 0 Å². The average molecular weight is 287 g/mol. The molecule has 2 aromatic carbocycles. The van der Waals surface area contributed by atoms with Gasteiger partial charge in [-0.1, -0.05) is 54.1 Å². The van der Waals surface area contributed by atoms with E-state index in [1.54, 1.807) is 0 Å². The fourth-order valence-corrected chi connectivity index (χ4v) is 2.46. The summed E-state index contributed by atoms with van der Waals surface area (Å²) in [4.78, 5) is 6.38. The second kappa shape index (κ2) is 5.03. The largest absolute Gasteiger partial charge is 0.330 e. The molecule has 2 nitrogen and oxygen atoms in total. The van der Waals surface area contributed by atoms with Gasteiger partial charge in [0.25, 0.3) is 0 Å². The van der Waals surface area contributed by atoms with E-state index in [0.717, 1.165) is 22.5 Å². The molecule has 0 atom stereocenters. The van der Waals surface area contributed by atoms with Crippen LogP contribution in [0.3, 0.4) is 0 Å². The minimum Gasteiger partial charge on any atom is -0.330 e. The monoisotopic (exact) mass is 286 g/mol. The summed E-state index contributed by atoms with van der Waals surface area (Å²) >= 11 is 11.3. The van der Waals surface area contributed by atoms with E-state index in [9.17, 15) is 0 Å². The Labute approximate surface area is 121 Å². The van der Waals surface area contributed by atoms with E-state index < -0.39 is 0 Å². The Kier molecular flexibility index (Phi) is 3.23. The van der Waals surface area contributed by atoms with Crippen molar-refractivity contribution in [2.75, 3.05) is 0 Å². The molecule has 2 N–H and O–H groups in total. The number of imidazole rings is 1. The van der Waals surface area contributed by atoms with Crippen LogP contribution in [-0.4, -0.2) is 9.97 Å². The Balaban J connectivity index is 2.21. The van der Waals surface area contributed by atoms with Gasteiger partial charge in [0.15, 0.2) is 4.77 Å². The fourth-order valence-electron chi connectivity index (χ4n) is 2.07. The normalized spacial score (nSPS) is 10.6. The molecule has 0 bridgehead atoms. The topological polar surface area (TPSA) is 31.6 Å². The molecule has 4 heteroatoms. The number of aromatic amines is 2. The lowest BCUT2D eigenvalue weighted by atomic mass is 10.1. The molecule has 0 saturated heterocycles. The highest BCUT2D eigenvalue weighted by molar-refractivity contribution is 7.71.